The minimum Gasteiger partial charge on any atom is -0.480 e. The Morgan fingerprint density at radius 2 is 1.49 bits per heavy atom. The molecule has 10 nitrogen and oxygen atoms in total. The number of carboxylic acid groups (broad SMARTS) is 2. The molecule has 216 valence electrons. The molecule has 0 aromatic carbocycles. The predicted molar refractivity (Wildman–Crippen MR) is 132 cm³/mol. The van der Waals surface area contributed by atoms with Gasteiger partial charge in [-0.25, -0.2) is 14.4 Å². The first-order valence-electron chi connectivity index (χ1n) is 12.8. The monoisotopic (exact) mass is 540 g/mol. The van der Waals surface area contributed by atoms with Gasteiger partial charge in [0.05, 0.1) is 0 Å². The average molecular weight is 541 g/mol. The number of alkyl halides is 3. The van der Waals surface area contributed by atoms with Gasteiger partial charge >= 0.3 is 24.1 Å². The lowest BCUT2D eigenvalue weighted by molar-refractivity contribution is -0.192. The molecule has 4 atom stereocenters. The molecular weight excluding hydrogens is 497 g/mol. The fraction of sp³-hybridized carbons (Fsp3) is 0.833. The lowest BCUT2D eigenvalue weighted by Crippen LogP contribution is -2.55. The summed E-state index contributed by atoms with van der Waals surface area (Å²) in [5.74, 6) is -3.31. The fourth-order valence-corrected chi connectivity index (χ4v) is 3.92. The molecule has 1 rings (SSSR count). The summed E-state index contributed by atoms with van der Waals surface area (Å²) in [5, 5.41) is 24.8. The summed E-state index contributed by atoms with van der Waals surface area (Å²) < 4.78 is 31.7. The van der Waals surface area contributed by atoms with Gasteiger partial charge in [-0.3, -0.25) is 4.79 Å². The highest BCUT2D eigenvalue weighted by atomic mass is 19.4. The molecule has 0 saturated heterocycles. The lowest BCUT2D eigenvalue weighted by atomic mass is 9.84. The van der Waals surface area contributed by atoms with E-state index in [1.807, 2.05) is 6.92 Å². The van der Waals surface area contributed by atoms with E-state index in [0.717, 1.165) is 32.1 Å². The van der Waals surface area contributed by atoms with Crippen LogP contribution in [-0.4, -0.2) is 64.9 Å². The van der Waals surface area contributed by atoms with Gasteiger partial charge in [0, 0.05) is 6.04 Å². The number of hydrogen-bond acceptors (Lipinski definition) is 5. The van der Waals surface area contributed by atoms with Gasteiger partial charge in [-0.15, -0.1) is 0 Å². The van der Waals surface area contributed by atoms with Crippen LogP contribution >= 0.6 is 0 Å². The SMILES string of the molecule is CCC(C)C(C)NC(=O)[C@@H](CC1CCCCC1)NC(=O)N[C@@H](CCCCN)C(=O)O.O=C(O)C(F)(F)F. The van der Waals surface area contributed by atoms with E-state index in [1.165, 1.54) is 6.42 Å². The third-order valence-corrected chi connectivity index (χ3v) is 6.58. The Morgan fingerprint density at radius 3 is 1.95 bits per heavy atom. The van der Waals surface area contributed by atoms with Gasteiger partial charge in [0.15, 0.2) is 0 Å². The van der Waals surface area contributed by atoms with Crippen LogP contribution in [0.3, 0.4) is 0 Å². The highest BCUT2D eigenvalue weighted by molar-refractivity contribution is 5.88. The van der Waals surface area contributed by atoms with E-state index in [9.17, 15) is 32.7 Å². The van der Waals surface area contributed by atoms with E-state index in [0.29, 0.717) is 44.1 Å². The second kappa shape index (κ2) is 17.8. The zero-order valence-electron chi connectivity index (χ0n) is 21.9. The molecule has 7 N–H and O–H groups in total. The number of urea groups is 1. The second-order valence-electron chi connectivity index (χ2n) is 9.57. The lowest BCUT2D eigenvalue weighted by Gasteiger charge is -2.29. The third kappa shape index (κ3) is 15.3. The molecule has 0 aromatic rings. The molecule has 0 heterocycles. The van der Waals surface area contributed by atoms with Gasteiger partial charge in [0.2, 0.25) is 5.91 Å². The Labute approximate surface area is 216 Å². The fourth-order valence-electron chi connectivity index (χ4n) is 3.92. The van der Waals surface area contributed by atoms with Crippen LogP contribution in [-0.2, 0) is 14.4 Å². The summed E-state index contributed by atoms with van der Waals surface area (Å²) in [6.45, 7) is 6.62. The Balaban J connectivity index is 0.00000161. The highest BCUT2D eigenvalue weighted by Gasteiger charge is 2.38. The minimum atomic E-state index is -5.08. The quantitative estimate of drug-likeness (QED) is 0.194. The van der Waals surface area contributed by atoms with Crippen LogP contribution in [0.15, 0.2) is 0 Å². The molecular formula is C24H43F3N4O6. The zero-order chi connectivity index (χ0) is 28.6. The molecule has 1 aliphatic rings. The summed E-state index contributed by atoms with van der Waals surface area (Å²) in [7, 11) is 0. The number of carboxylic acids is 2. The summed E-state index contributed by atoms with van der Waals surface area (Å²) in [5.41, 5.74) is 5.46. The summed E-state index contributed by atoms with van der Waals surface area (Å²) >= 11 is 0. The normalized spacial score (nSPS) is 17.3. The van der Waals surface area contributed by atoms with E-state index in [2.05, 4.69) is 29.8 Å². The van der Waals surface area contributed by atoms with Crippen molar-refractivity contribution in [3.05, 3.63) is 0 Å². The van der Waals surface area contributed by atoms with Gasteiger partial charge in [0.1, 0.15) is 12.1 Å². The second-order valence-corrected chi connectivity index (χ2v) is 9.57. The summed E-state index contributed by atoms with van der Waals surface area (Å²) in [6.07, 6.45) is 3.71. The topological polar surface area (TPSA) is 171 Å². The van der Waals surface area contributed by atoms with Crippen molar-refractivity contribution in [1.82, 2.24) is 16.0 Å². The maximum absolute atomic E-state index is 12.9. The van der Waals surface area contributed by atoms with E-state index in [4.69, 9.17) is 15.6 Å². The Hall–Kier alpha value is -2.57. The van der Waals surface area contributed by atoms with Crippen molar-refractivity contribution >= 4 is 23.9 Å². The minimum absolute atomic E-state index is 0.00393. The Kier molecular flexibility index (Phi) is 16.6. The van der Waals surface area contributed by atoms with Crippen molar-refractivity contribution in [2.75, 3.05) is 6.54 Å². The summed E-state index contributed by atoms with van der Waals surface area (Å²) in [6, 6.07) is -2.27. The largest absolute Gasteiger partial charge is 0.490 e. The molecule has 1 fully saturated rings. The molecule has 1 saturated carbocycles. The van der Waals surface area contributed by atoms with Gasteiger partial charge in [-0.05, 0) is 51.0 Å². The molecule has 3 amide bonds. The molecule has 0 radical (unpaired) electrons. The standard InChI is InChI=1S/C22H42N4O4.C2HF3O2/c1-4-15(2)16(3)24-20(27)19(14-17-10-6-5-7-11-17)26-22(30)25-18(21(28)29)12-8-9-13-23;3-2(4,5)1(6)7/h15-19H,4-14,23H2,1-3H3,(H,24,27)(H,28,29)(H2,25,26,30);(H,6,7)/t15?,16?,18-,19+;/m0./s1. The van der Waals surface area contributed by atoms with Gasteiger partial charge in [-0.1, -0.05) is 52.4 Å². The molecule has 0 bridgehead atoms. The van der Waals surface area contributed by atoms with E-state index < -0.39 is 36.2 Å². The van der Waals surface area contributed by atoms with Crippen molar-refractivity contribution in [2.45, 2.75) is 109 Å². The smallest absolute Gasteiger partial charge is 0.480 e. The molecule has 37 heavy (non-hydrogen) atoms. The van der Waals surface area contributed by atoms with Crippen LogP contribution in [0.5, 0.6) is 0 Å². The predicted octanol–water partition coefficient (Wildman–Crippen LogP) is 3.39. The maximum Gasteiger partial charge on any atom is 0.490 e. The number of hydrogen-bond donors (Lipinski definition) is 6. The number of nitrogens with two attached hydrogens (primary N) is 1. The average Bonchev–Trinajstić information content (AvgIpc) is 2.82. The molecule has 13 heteroatoms. The Bertz CT molecular complexity index is 717. The number of carbonyl (C=O) groups is 4. The number of nitrogens with one attached hydrogen (secondary N) is 3. The number of unbranched alkanes of at least 4 members (excludes halogenated alkanes) is 1. The van der Waals surface area contributed by atoms with Gasteiger partial charge in [0.25, 0.3) is 0 Å². The Morgan fingerprint density at radius 1 is 0.946 bits per heavy atom. The van der Waals surface area contributed by atoms with Crippen LogP contribution in [0.4, 0.5) is 18.0 Å². The van der Waals surface area contributed by atoms with Crippen molar-refractivity contribution < 1.29 is 42.6 Å². The number of amides is 3. The number of halogens is 3. The molecule has 0 spiro atoms. The van der Waals surface area contributed by atoms with Crippen LogP contribution < -0.4 is 21.7 Å². The maximum atomic E-state index is 12.9. The van der Waals surface area contributed by atoms with Crippen LogP contribution in [0.25, 0.3) is 0 Å². The van der Waals surface area contributed by atoms with Crippen molar-refractivity contribution in [3.8, 4) is 0 Å². The third-order valence-electron chi connectivity index (χ3n) is 6.58. The molecule has 1 aliphatic carbocycles. The first-order valence-corrected chi connectivity index (χ1v) is 12.8. The molecule has 2 unspecified atom stereocenters. The number of carbonyl (C=O) groups excluding carboxylic acids is 2. The van der Waals surface area contributed by atoms with E-state index in [1.54, 1.807) is 0 Å². The van der Waals surface area contributed by atoms with Crippen LogP contribution in [0.2, 0.25) is 0 Å². The zero-order valence-corrected chi connectivity index (χ0v) is 21.9. The first-order chi connectivity index (χ1) is 17.2. The number of aliphatic carboxylic acids is 2. The highest BCUT2D eigenvalue weighted by Crippen LogP contribution is 2.27. The van der Waals surface area contributed by atoms with Gasteiger partial charge in [-0.2, -0.15) is 13.2 Å². The summed E-state index contributed by atoms with van der Waals surface area (Å²) in [4.78, 5) is 45.8. The van der Waals surface area contributed by atoms with E-state index in [-0.39, 0.29) is 11.9 Å². The van der Waals surface area contributed by atoms with Crippen molar-refractivity contribution in [3.63, 3.8) is 0 Å². The van der Waals surface area contributed by atoms with Crippen molar-refractivity contribution in [2.24, 2.45) is 17.6 Å². The van der Waals surface area contributed by atoms with Gasteiger partial charge < -0.3 is 31.9 Å². The first kappa shape index (κ1) is 34.4. The van der Waals surface area contributed by atoms with Crippen LogP contribution in [0, 0.1) is 11.8 Å². The van der Waals surface area contributed by atoms with Crippen molar-refractivity contribution in [1.29, 1.82) is 0 Å². The number of rotatable bonds is 13. The van der Waals surface area contributed by atoms with Crippen LogP contribution in [0.1, 0.15) is 85.0 Å². The molecule has 0 aromatic heterocycles. The molecule has 0 aliphatic heterocycles. The van der Waals surface area contributed by atoms with E-state index >= 15 is 0 Å².